The summed E-state index contributed by atoms with van der Waals surface area (Å²) < 4.78 is 0.0836. The smallest absolute Gasteiger partial charge is 0.262 e. The number of allylic oxidation sites excluding steroid dienone is 1. The molecule has 3 rings (SSSR count). The molecule has 0 aliphatic carbocycles. The fraction of sp³-hybridized carbons (Fsp3) is 0. The number of hydrogen-bond donors (Lipinski definition) is 3. The summed E-state index contributed by atoms with van der Waals surface area (Å²) in [7, 11) is 0. The number of aromatic hydroxyl groups is 1. The van der Waals surface area contributed by atoms with Gasteiger partial charge in [-0.2, -0.15) is 0 Å². The van der Waals surface area contributed by atoms with Crippen LogP contribution in [0.25, 0.3) is 12.2 Å². The van der Waals surface area contributed by atoms with Crippen molar-refractivity contribution in [2.24, 2.45) is 4.99 Å². The van der Waals surface area contributed by atoms with Crippen molar-refractivity contribution in [3.8, 4) is 5.88 Å². The molecule has 2 aromatic rings. The number of fused-ring (bicyclic) bond motifs is 1. The highest BCUT2D eigenvalue weighted by molar-refractivity contribution is 7.71. The number of nitrogens with zero attached hydrogens (tertiary/aromatic N) is 1. The minimum absolute atomic E-state index is 0.0836. The molecular formula is C13H9N3O2S. The van der Waals surface area contributed by atoms with Crippen LogP contribution in [0.2, 0.25) is 0 Å². The first kappa shape index (κ1) is 11.6. The van der Waals surface area contributed by atoms with Gasteiger partial charge in [0.25, 0.3) is 5.56 Å². The van der Waals surface area contributed by atoms with Crippen LogP contribution in [-0.4, -0.2) is 15.1 Å². The van der Waals surface area contributed by atoms with Crippen LogP contribution in [-0.2, 0) is 0 Å². The standard InChI is InChI=1S/C13H9N3O2S/c17-11-9(12(18)16-13(19)15-11)6-8-5-7-3-1-2-4-10(7)14-8/h1-6H,(H3,15,16,17,18,19). The number of hydrogen-bond acceptors (Lipinski definition) is 4. The van der Waals surface area contributed by atoms with Crippen molar-refractivity contribution in [1.29, 1.82) is 0 Å². The maximum Gasteiger partial charge on any atom is 0.262 e. The number of aromatic amines is 2. The van der Waals surface area contributed by atoms with Gasteiger partial charge in [0.05, 0.1) is 11.1 Å². The molecule has 0 saturated heterocycles. The molecule has 0 atom stereocenters. The van der Waals surface area contributed by atoms with Crippen LogP contribution in [0.1, 0.15) is 5.56 Å². The summed E-state index contributed by atoms with van der Waals surface area (Å²) in [5.41, 5.74) is 0.261. The van der Waals surface area contributed by atoms with E-state index in [2.05, 4.69) is 15.0 Å². The van der Waals surface area contributed by atoms with Crippen molar-refractivity contribution in [1.82, 2.24) is 9.97 Å². The van der Waals surface area contributed by atoms with Gasteiger partial charge in [0.1, 0.15) is 5.56 Å². The zero-order valence-corrected chi connectivity index (χ0v) is 10.5. The molecule has 0 amide bonds. The maximum atomic E-state index is 11.7. The van der Waals surface area contributed by atoms with Gasteiger partial charge in [-0.15, -0.1) is 0 Å². The SMILES string of the molecule is O=c1[nH]c(=S)[nH]c(O)c1C=C1C=c2ccccc2=N1. The number of H-pyrrole nitrogens is 2. The van der Waals surface area contributed by atoms with Crippen LogP contribution < -0.4 is 16.1 Å². The molecule has 2 heterocycles. The van der Waals surface area contributed by atoms with Gasteiger partial charge in [-0.1, -0.05) is 18.2 Å². The van der Waals surface area contributed by atoms with Crippen LogP contribution in [0.15, 0.2) is 39.7 Å². The van der Waals surface area contributed by atoms with Gasteiger partial charge in [0, 0.05) is 5.22 Å². The molecule has 0 spiro atoms. The van der Waals surface area contributed by atoms with Crippen molar-refractivity contribution in [2.75, 3.05) is 0 Å². The Balaban J connectivity index is 2.18. The number of benzene rings is 1. The fourth-order valence-corrected chi connectivity index (χ4v) is 2.07. The van der Waals surface area contributed by atoms with Crippen molar-refractivity contribution in [2.45, 2.75) is 0 Å². The van der Waals surface area contributed by atoms with Gasteiger partial charge >= 0.3 is 0 Å². The van der Waals surface area contributed by atoms with Gasteiger partial charge in [0.15, 0.2) is 4.77 Å². The highest BCUT2D eigenvalue weighted by atomic mass is 32.1. The Hall–Kier alpha value is -2.47. The zero-order valence-electron chi connectivity index (χ0n) is 9.68. The summed E-state index contributed by atoms with van der Waals surface area (Å²) in [6.45, 7) is 0. The Morgan fingerprint density at radius 2 is 2.05 bits per heavy atom. The van der Waals surface area contributed by atoms with E-state index in [1.54, 1.807) is 0 Å². The Morgan fingerprint density at radius 1 is 1.26 bits per heavy atom. The van der Waals surface area contributed by atoms with E-state index < -0.39 is 5.56 Å². The quantitative estimate of drug-likeness (QED) is 0.664. The predicted octanol–water partition coefficient (Wildman–Crippen LogP) is 0.593. The van der Waals surface area contributed by atoms with E-state index >= 15 is 0 Å². The van der Waals surface area contributed by atoms with Crippen LogP contribution in [0.3, 0.4) is 0 Å². The third kappa shape index (κ3) is 2.13. The molecule has 1 aromatic carbocycles. The Labute approximate surface area is 112 Å². The minimum Gasteiger partial charge on any atom is -0.494 e. The molecule has 0 fully saturated rings. The first-order valence-corrected chi connectivity index (χ1v) is 5.97. The number of para-hydroxylation sites is 1. The fourth-order valence-electron chi connectivity index (χ4n) is 1.88. The van der Waals surface area contributed by atoms with Gasteiger partial charge in [-0.3, -0.25) is 9.78 Å². The van der Waals surface area contributed by atoms with Gasteiger partial charge in [0.2, 0.25) is 5.88 Å². The maximum absolute atomic E-state index is 11.7. The topological polar surface area (TPSA) is 81.2 Å². The van der Waals surface area contributed by atoms with Crippen LogP contribution in [0.4, 0.5) is 0 Å². The second-order valence-electron chi connectivity index (χ2n) is 4.05. The second-order valence-corrected chi connectivity index (χ2v) is 4.46. The van der Waals surface area contributed by atoms with Crippen LogP contribution in [0, 0.1) is 4.77 Å². The van der Waals surface area contributed by atoms with Crippen molar-refractivity contribution >= 4 is 24.4 Å². The van der Waals surface area contributed by atoms with Crippen molar-refractivity contribution in [3.63, 3.8) is 0 Å². The van der Waals surface area contributed by atoms with E-state index in [1.165, 1.54) is 6.08 Å². The highest BCUT2D eigenvalue weighted by Crippen LogP contribution is 2.13. The molecule has 0 unspecified atom stereocenters. The third-order valence-corrected chi connectivity index (χ3v) is 2.94. The van der Waals surface area contributed by atoms with E-state index in [9.17, 15) is 9.90 Å². The molecule has 1 aromatic heterocycles. The molecule has 0 bridgehead atoms. The van der Waals surface area contributed by atoms with Gasteiger partial charge in [-0.05, 0) is 30.4 Å². The number of aromatic nitrogens is 2. The summed E-state index contributed by atoms with van der Waals surface area (Å²) in [5, 5.41) is 11.5. The molecule has 0 radical (unpaired) electrons. The summed E-state index contributed by atoms with van der Waals surface area (Å²) in [5.74, 6) is -0.263. The van der Waals surface area contributed by atoms with E-state index in [4.69, 9.17) is 12.2 Å². The lowest BCUT2D eigenvalue weighted by molar-refractivity contribution is 0.448. The molecule has 0 saturated carbocycles. The van der Waals surface area contributed by atoms with E-state index in [1.807, 2.05) is 30.3 Å². The lowest BCUT2D eigenvalue weighted by Crippen LogP contribution is -2.19. The average Bonchev–Trinajstić information content (AvgIpc) is 2.76. The summed E-state index contributed by atoms with van der Waals surface area (Å²) in [4.78, 5) is 21.0. The van der Waals surface area contributed by atoms with Gasteiger partial charge in [-0.25, -0.2) is 4.99 Å². The van der Waals surface area contributed by atoms with Gasteiger partial charge < -0.3 is 10.1 Å². The van der Waals surface area contributed by atoms with E-state index in [-0.39, 0.29) is 16.2 Å². The van der Waals surface area contributed by atoms with E-state index in [0.29, 0.717) is 5.70 Å². The van der Waals surface area contributed by atoms with Crippen LogP contribution in [0.5, 0.6) is 5.88 Å². The normalized spacial score (nSPS) is 14.8. The minimum atomic E-state index is -0.451. The second kappa shape index (κ2) is 4.33. The summed E-state index contributed by atoms with van der Waals surface area (Å²) in [6, 6.07) is 7.62. The summed E-state index contributed by atoms with van der Waals surface area (Å²) >= 11 is 4.76. The van der Waals surface area contributed by atoms with Crippen molar-refractivity contribution in [3.05, 3.63) is 61.2 Å². The Morgan fingerprint density at radius 3 is 2.79 bits per heavy atom. The zero-order chi connectivity index (χ0) is 13.4. The number of nitrogens with one attached hydrogen (secondary N) is 2. The van der Waals surface area contributed by atoms with Crippen LogP contribution >= 0.6 is 12.2 Å². The first-order valence-electron chi connectivity index (χ1n) is 5.56. The molecular weight excluding hydrogens is 262 g/mol. The Bertz CT molecular complexity index is 885. The number of rotatable bonds is 1. The Kier molecular flexibility index (Phi) is 2.64. The molecule has 5 nitrogen and oxygen atoms in total. The van der Waals surface area contributed by atoms with Crippen molar-refractivity contribution < 1.29 is 5.11 Å². The molecule has 1 aliphatic heterocycles. The molecule has 1 aliphatic rings. The molecule has 94 valence electrons. The lowest BCUT2D eigenvalue weighted by Gasteiger charge is -1.97. The predicted molar refractivity (Wildman–Crippen MR) is 73.6 cm³/mol. The van der Waals surface area contributed by atoms with E-state index in [0.717, 1.165) is 10.6 Å². The highest BCUT2D eigenvalue weighted by Gasteiger charge is 2.07. The molecule has 6 heteroatoms. The molecule has 3 N–H and O–H groups in total. The largest absolute Gasteiger partial charge is 0.494 e. The summed E-state index contributed by atoms with van der Waals surface area (Å²) in [6.07, 6.45) is 3.36. The molecule has 19 heavy (non-hydrogen) atoms. The monoisotopic (exact) mass is 271 g/mol. The first-order chi connectivity index (χ1) is 9.13. The third-order valence-electron chi connectivity index (χ3n) is 2.74. The average molecular weight is 271 g/mol. The lowest BCUT2D eigenvalue weighted by atomic mass is 10.2.